The molecule has 0 saturated heterocycles. The lowest BCUT2D eigenvalue weighted by molar-refractivity contribution is 0.990. The molecule has 56 heavy (non-hydrogen) atoms. The minimum atomic E-state index is 1.02. The van der Waals surface area contributed by atoms with Gasteiger partial charge >= 0.3 is 0 Å². The summed E-state index contributed by atoms with van der Waals surface area (Å²) in [4.78, 5) is 5.56. The smallest absolute Gasteiger partial charge is 0.0794 e. The normalized spacial score (nSPS) is 12.9. The number of aromatic nitrogens is 1. The highest BCUT2D eigenvalue weighted by Gasteiger charge is 2.19. The minimum absolute atomic E-state index is 1.02. The first-order chi connectivity index (χ1) is 27.7. The van der Waals surface area contributed by atoms with Crippen LogP contribution < -0.4 is 0 Å². The van der Waals surface area contributed by atoms with Gasteiger partial charge in [-0.3, -0.25) is 0 Å². The van der Waals surface area contributed by atoms with Crippen molar-refractivity contribution in [3.8, 4) is 22.4 Å². The van der Waals surface area contributed by atoms with Gasteiger partial charge in [-0.2, -0.15) is 0 Å². The Morgan fingerprint density at radius 2 is 1.32 bits per heavy atom. The molecule has 1 heteroatoms. The largest absolute Gasteiger partial charge is 0.246 e. The van der Waals surface area contributed by atoms with E-state index in [1.54, 1.807) is 0 Å². The Morgan fingerprint density at radius 3 is 2.20 bits per heavy atom. The lowest BCUT2D eigenvalue weighted by Gasteiger charge is -2.19. The van der Waals surface area contributed by atoms with Crippen molar-refractivity contribution in [2.75, 3.05) is 0 Å². The Hall–Kier alpha value is -7.09. The first-order valence-corrected chi connectivity index (χ1v) is 19.5. The monoisotopic (exact) mass is 713 g/mol. The molecule has 1 aliphatic carbocycles. The van der Waals surface area contributed by atoms with Crippen LogP contribution in [0.2, 0.25) is 0 Å². The standard InChI is InChI=1S/C55H39N/c1-2-3-16-37-17-7-8-22-41(37)35-51(38-18-5-4-6-19-38)45-34-42-23-11-12-26-46(42)52(36-45)43-24-15-25-44(33-43)54-49-31-29-39-20-9-13-27-47(39)53(49)50-32-30-40-21-10-14-28-48(40)55(50)56-54/h2-8,10-19,21-36H,1,9,20H2/b16-3-,51-35-. The van der Waals surface area contributed by atoms with Crippen LogP contribution in [0.25, 0.3) is 89.4 Å². The van der Waals surface area contributed by atoms with Gasteiger partial charge < -0.3 is 0 Å². The van der Waals surface area contributed by atoms with Crippen molar-refractivity contribution < 1.29 is 0 Å². The summed E-state index contributed by atoms with van der Waals surface area (Å²) < 4.78 is 0. The molecule has 0 fully saturated rings. The predicted molar refractivity (Wildman–Crippen MR) is 242 cm³/mol. The van der Waals surface area contributed by atoms with Gasteiger partial charge in [-0.15, -0.1) is 0 Å². The van der Waals surface area contributed by atoms with Crippen molar-refractivity contribution in [3.05, 3.63) is 222 Å². The highest BCUT2D eigenvalue weighted by atomic mass is 14.7. The molecule has 0 saturated carbocycles. The first-order valence-electron chi connectivity index (χ1n) is 19.5. The highest BCUT2D eigenvalue weighted by molar-refractivity contribution is 6.20. The molecule has 9 aromatic rings. The molecule has 1 aromatic heterocycles. The lowest BCUT2D eigenvalue weighted by atomic mass is 9.87. The van der Waals surface area contributed by atoms with Crippen LogP contribution in [0.15, 0.2) is 189 Å². The second-order valence-corrected chi connectivity index (χ2v) is 14.6. The average molecular weight is 714 g/mol. The van der Waals surface area contributed by atoms with E-state index >= 15 is 0 Å². The number of pyridine rings is 1. The molecule has 0 spiro atoms. The van der Waals surface area contributed by atoms with E-state index in [4.69, 9.17) is 4.98 Å². The fraction of sp³-hybridized carbons (Fsp3) is 0.0364. The summed E-state index contributed by atoms with van der Waals surface area (Å²) in [7, 11) is 0. The van der Waals surface area contributed by atoms with Gasteiger partial charge in [-0.05, 0) is 103 Å². The van der Waals surface area contributed by atoms with E-state index in [-0.39, 0.29) is 0 Å². The van der Waals surface area contributed by atoms with Crippen molar-refractivity contribution in [3.63, 3.8) is 0 Å². The van der Waals surface area contributed by atoms with Crippen LogP contribution in [0.1, 0.15) is 39.8 Å². The zero-order chi connectivity index (χ0) is 37.4. The topological polar surface area (TPSA) is 12.9 Å². The SMILES string of the molecule is C=C/C=C\c1ccccc1/C=C(/c1ccccc1)c1cc(-c2cccc(-c3nc4c5ccccc5ccc4c4c5c(ccc34)CCC=C5)c2)c2ccccc2c1. The average Bonchev–Trinajstić information content (AvgIpc) is 3.27. The molecule has 1 aliphatic rings. The molecular formula is C55H39N. The number of rotatable bonds is 7. The molecule has 1 nitrogen and oxygen atoms in total. The van der Waals surface area contributed by atoms with Crippen LogP contribution in [0, 0.1) is 0 Å². The molecule has 0 radical (unpaired) electrons. The van der Waals surface area contributed by atoms with Gasteiger partial charge in [0.05, 0.1) is 11.2 Å². The summed E-state index contributed by atoms with van der Waals surface area (Å²) in [6, 6.07) is 59.6. The van der Waals surface area contributed by atoms with Gasteiger partial charge in [-0.1, -0.05) is 183 Å². The van der Waals surface area contributed by atoms with Gasteiger partial charge in [0.25, 0.3) is 0 Å². The Kier molecular flexibility index (Phi) is 8.54. The van der Waals surface area contributed by atoms with E-state index in [0.29, 0.717) is 0 Å². The summed E-state index contributed by atoms with van der Waals surface area (Å²) in [6.45, 7) is 3.90. The van der Waals surface area contributed by atoms with Crippen molar-refractivity contribution in [2.24, 2.45) is 0 Å². The third kappa shape index (κ3) is 5.95. The van der Waals surface area contributed by atoms with Crippen LogP contribution in [-0.4, -0.2) is 4.98 Å². The third-order valence-corrected chi connectivity index (χ3v) is 11.3. The van der Waals surface area contributed by atoms with Gasteiger partial charge in [0, 0.05) is 27.1 Å². The van der Waals surface area contributed by atoms with E-state index in [1.165, 1.54) is 65.5 Å². The van der Waals surface area contributed by atoms with Crippen molar-refractivity contribution >= 4 is 67.0 Å². The zero-order valence-corrected chi connectivity index (χ0v) is 31.1. The highest BCUT2D eigenvalue weighted by Crippen LogP contribution is 2.42. The van der Waals surface area contributed by atoms with E-state index in [0.717, 1.165) is 51.9 Å². The maximum atomic E-state index is 5.56. The molecular weight excluding hydrogens is 675 g/mol. The molecule has 0 bridgehead atoms. The lowest BCUT2D eigenvalue weighted by Crippen LogP contribution is -1.98. The van der Waals surface area contributed by atoms with E-state index < -0.39 is 0 Å². The van der Waals surface area contributed by atoms with Gasteiger partial charge in [-0.25, -0.2) is 4.98 Å². The number of benzene rings is 8. The van der Waals surface area contributed by atoms with Gasteiger partial charge in [0.2, 0.25) is 0 Å². The van der Waals surface area contributed by atoms with Crippen LogP contribution in [0.3, 0.4) is 0 Å². The molecule has 0 atom stereocenters. The van der Waals surface area contributed by atoms with Crippen LogP contribution in [-0.2, 0) is 6.42 Å². The fourth-order valence-electron chi connectivity index (χ4n) is 8.58. The summed E-state index contributed by atoms with van der Waals surface area (Å²) >= 11 is 0. The molecule has 10 rings (SSSR count). The van der Waals surface area contributed by atoms with Crippen LogP contribution >= 0.6 is 0 Å². The molecule has 0 amide bonds. The van der Waals surface area contributed by atoms with E-state index in [2.05, 4.69) is 195 Å². The van der Waals surface area contributed by atoms with Crippen molar-refractivity contribution in [1.82, 2.24) is 4.98 Å². The van der Waals surface area contributed by atoms with Gasteiger partial charge in [0.1, 0.15) is 0 Å². The first kappa shape index (κ1) is 33.5. The van der Waals surface area contributed by atoms with Crippen molar-refractivity contribution in [2.45, 2.75) is 12.8 Å². The minimum Gasteiger partial charge on any atom is -0.246 e. The van der Waals surface area contributed by atoms with Crippen LogP contribution in [0.5, 0.6) is 0 Å². The number of aryl methyl sites for hydroxylation is 1. The number of hydrogen-bond donors (Lipinski definition) is 0. The van der Waals surface area contributed by atoms with Crippen LogP contribution in [0.4, 0.5) is 0 Å². The summed E-state index contributed by atoms with van der Waals surface area (Å²) in [5.74, 6) is 0. The summed E-state index contributed by atoms with van der Waals surface area (Å²) in [6.07, 6.45) is 15.1. The third-order valence-electron chi connectivity index (χ3n) is 11.3. The van der Waals surface area contributed by atoms with Crippen molar-refractivity contribution in [1.29, 1.82) is 0 Å². The second-order valence-electron chi connectivity index (χ2n) is 14.6. The molecule has 264 valence electrons. The fourth-order valence-corrected chi connectivity index (χ4v) is 8.58. The quantitative estimate of drug-likeness (QED) is 0.0910. The Morgan fingerprint density at radius 1 is 0.571 bits per heavy atom. The number of fused-ring (bicyclic) bond motifs is 8. The number of hydrogen-bond acceptors (Lipinski definition) is 1. The zero-order valence-electron chi connectivity index (χ0n) is 31.1. The number of allylic oxidation sites excluding steroid dienone is 3. The van der Waals surface area contributed by atoms with E-state index in [1.807, 2.05) is 12.2 Å². The number of nitrogens with zero attached hydrogens (tertiary/aromatic N) is 1. The Balaban J connectivity index is 1.21. The Labute approximate surface area is 327 Å². The second kappa shape index (κ2) is 14.3. The Bertz CT molecular complexity index is 3090. The molecule has 0 N–H and O–H groups in total. The summed E-state index contributed by atoms with van der Waals surface area (Å²) in [5, 5.41) is 8.50. The molecule has 0 aliphatic heterocycles. The van der Waals surface area contributed by atoms with Gasteiger partial charge in [0.15, 0.2) is 0 Å². The molecule has 8 aromatic carbocycles. The van der Waals surface area contributed by atoms with E-state index in [9.17, 15) is 0 Å². The maximum Gasteiger partial charge on any atom is 0.0794 e. The maximum absolute atomic E-state index is 5.56. The molecule has 1 heterocycles. The predicted octanol–water partition coefficient (Wildman–Crippen LogP) is 14.8. The summed E-state index contributed by atoms with van der Waals surface area (Å²) in [5.41, 5.74) is 14.1. The molecule has 0 unspecified atom stereocenters.